The van der Waals surface area contributed by atoms with Gasteiger partial charge < -0.3 is 78.7 Å². The second kappa shape index (κ2) is 16.4. The Morgan fingerprint density at radius 3 is 2.08 bits per heavy atom. The van der Waals surface area contributed by atoms with Gasteiger partial charge in [0.25, 0.3) is 0 Å². The molecule has 4 aliphatic carbocycles. The van der Waals surface area contributed by atoms with Gasteiger partial charge in [0.2, 0.25) is 0 Å². The van der Waals surface area contributed by atoms with Crippen LogP contribution in [0.15, 0.2) is 0 Å². The molecule has 0 aromatic heterocycles. The van der Waals surface area contributed by atoms with E-state index in [-0.39, 0.29) is 36.1 Å². The first-order chi connectivity index (χ1) is 28.1. The fourth-order valence-corrected chi connectivity index (χ4v) is 14.1. The van der Waals surface area contributed by atoms with E-state index in [0.29, 0.717) is 41.4 Å². The molecule has 1 spiro atoms. The zero-order valence-corrected chi connectivity index (χ0v) is 34.9. The van der Waals surface area contributed by atoms with E-state index in [4.69, 9.17) is 37.9 Å². The molecule has 0 bridgehead atoms. The van der Waals surface area contributed by atoms with Crippen LogP contribution in [-0.4, -0.2) is 159 Å². The first-order valence-corrected chi connectivity index (χ1v) is 22.6. The molecule has 16 heteroatoms. The van der Waals surface area contributed by atoms with Gasteiger partial charge >= 0.3 is 0 Å². The van der Waals surface area contributed by atoms with Crippen LogP contribution in [0.4, 0.5) is 0 Å². The smallest absolute Gasteiger partial charge is 0.189 e. The van der Waals surface area contributed by atoms with Crippen LogP contribution in [0.3, 0.4) is 0 Å². The summed E-state index contributed by atoms with van der Waals surface area (Å²) in [5, 5.41) is 83.8. The maximum absolute atomic E-state index is 11.2. The molecule has 0 unspecified atom stereocenters. The first kappa shape index (κ1) is 43.6. The molecule has 0 aromatic rings. The first-order valence-electron chi connectivity index (χ1n) is 22.6. The number of rotatable bonds is 7. The Kier molecular flexibility index (Phi) is 12.1. The molecule has 5 heterocycles. The van der Waals surface area contributed by atoms with E-state index in [0.717, 1.165) is 45.1 Å². The van der Waals surface area contributed by atoms with Crippen LogP contribution in [0.5, 0.6) is 0 Å². The number of hydrogen-bond donors (Lipinski definition) is 8. The minimum atomic E-state index is -1.74. The Bertz CT molecular complexity index is 1460. The van der Waals surface area contributed by atoms with E-state index < -0.39 is 92.5 Å². The fraction of sp³-hybridized carbons (Fsp3) is 1.00. The van der Waals surface area contributed by atoms with Gasteiger partial charge in [-0.1, -0.05) is 27.7 Å². The van der Waals surface area contributed by atoms with Gasteiger partial charge in [0.15, 0.2) is 30.9 Å². The predicted octanol–water partition coefficient (Wildman–Crippen LogP) is 0.892. The minimum absolute atomic E-state index is 0.136. The molecule has 9 aliphatic rings. The van der Waals surface area contributed by atoms with Crippen molar-refractivity contribution in [2.24, 2.45) is 52.3 Å². The largest absolute Gasteiger partial charge is 0.394 e. The quantitative estimate of drug-likeness (QED) is 0.166. The number of aliphatic hydroxyl groups is 8. The molecule has 5 aliphatic heterocycles. The van der Waals surface area contributed by atoms with Gasteiger partial charge in [-0.25, -0.2) is 0 Å². The van der Waals surface area contributed by atoms with Crippen LogP contribution in [0, 0.1) is 52.3 Å². The summed E-state index contributed by atoms with van der Waals surface area (Å²) >= 11 is 0. The van der Waals surface area contributed by atoms with E-state index in [1.54, 1.807) is 0 Å². The van der Waals surface area contributed by atoms with Crippen LogP contribution in [-0.2, 0) is 37.9 Å². The van der Waals surface area contributed by atoms with Gasteiger partial charge in [-0.2, -0.15) is 0 Å². The highest BCUT2D eigenvalue weighted by Gasteiger charge is 2.69. The van der Waals surface area contributed by atoms with Crippen LogP contribution in [0.2, 0.25) is 0 Å². The Hall–Kier alpha value is -0.640. The SMILES string of the molecule is C[C@@H]1CC[C@@]2(OC1)O[C@@H]1C[C@H]3[C@@H]4CC[C@H]5C[C@H](O[C@H]6OC[C@H](O[C@H]7O[C@@H](O[C@H]8O[C@@H](CO)[C@H](O)[C@@H](O)[C@@H]8O)[C@H](O)C[C@@H]7O)[C@@H](O)[C@@H]6O)CC[C@@]5(C)[C@H]4CC[C@@]3(C)[C@@H]1[C@H]2C. The van der Waals surface area contributed by atoms with Crippen LogP contribution in [0.25, 0.3) is 0 Å². The van der Waals surface area contributed by atoms with Crippen molar-refractivity contribution in [1.29, 1.82) is 0 Å². The maximum atomic E-state index is 11.2. The summed E-state index contributed by atoms with van der Waals surface area (Å²) in [4.78, 5) is 0. The Labute approximate surface area is 346 Å². The summed E-state index contributed by atoms with van der Waals surface area (Å²) < 4.78 is 48.4. The van der Waals surface area contributed by atoms with Crippen LogP contribution in [0.1, 0.15) is 98.3 Å². The number of fused-ring (bicyclic) bond motifs is 7. The minimum Gasteiger partial charge on any atom is -0.394 e. The molecule has 9 fully saturated rings. The van der Waals surface area contributed by atoms with E-state index >= 15 is 0 Å². The highest BCUT2D eigenvalue weighted by Crippen LogP contribution is 2.71. The molecule has 5 saturated heterocycles. The van der Waals surface area contributed by atoms with Crippen molar-refractivity contribution >= 4 is 0 Å². The average Bonchev–Trinajstić information content (AvgIpc) is 3.66. The van der Waals surface area contributed by atoms with Crippen LogP contribution >= 0.6 is 0 Å². The second-order valence-corrected chi connectivity index (χ2v) is 20.6. The summed E-state index contributed by atoms with van der Waals surface area (Å²) in [6.07, 6.45) is -7.99. The molecule has 25 atom stereocenters. The van der Waals surface area contributed by atoms with E-state index in [2.05, 4.69) is 27.7 Å². The summed E-state index contributed by atoms with van der Waals surface area (Å²) in [6, 6.07) is 0. The molecule has 0 radical (unpaired) electrons. The van der Waals surface area contributed by atoms with Crippen molar-refractivity contribution in [3.8, 4) is 0 Å². The van der Waals surface area contributed by atoms with Crippen LogP contribution < -0.4 is 0 Å². The van der Waals surface area contributed by atoms with Gasteiger partial charge in [0.1, 0.15) is 54.9 Å². The summed E-state index contributed by atoms with van der Waals surface area (Å²) in [5.41, 5.74) is 0.481. The molecule has 0 aromatic carbocycles. The maximum Gasteiger partial charge on any atom is 0.189 e. The summed E-state index contributed by atoms with van der Waals surface area (Å²) in [5.74, 6) is 3.66. The highest BCUT2D eigenvalue weighted by molar-refractivity contribution is 5.15. The van der Waals surface area contributed by atoms with Crippen molar-refractivity contribution in [3.63, 3.8) is 0 Å². The number of ether oxygens (including phenoxy) is 8. The monoisotopic (exact) mass is 842 g/mol. The lowest BCUT2D eigenvalue weighted by molar-refractivity contribution is -0.397. The Morgan fingerprint density at radius 2 is 1.36 bits per heavy atom. The van der Waals surface area contributed by atoms with Gasteiger partial charge in [-0.15, -0.1) is 0 Å². The van der Waals surface area contributed by atoms with E-state index in [1.165, 1.54) is 25.7 Å². The van der Waals surface area contributed by atoms with Gasteiger partial charge in [-0.3, -0.25) is 0 Å². The van der Waals surface area contributed by atoms with Crippen molar-refractivity contribution in [3.05, 3.63) is 0 Å². The third-order valence-corrected chi connectivity index (χ3v) is 17.5. The summed E-state index contributed by atoms with van der Waals surface area (Å²) in [7, 11) is 0. The zero-order valence-electron chi connectivity index (χ0n) is 34.9. The highest BCUT2D eigenvalue weighted by atomic mass is 16.8. The average molecular weight is 843 g/mol. The summed E-state index contributed by atoms with van der Waals surface area (Å²) in [6.45, 7) is 9.73. The molecule has 0 amide bonds. The number of aliphatic hydroxyl groups excluding tert-OH is 8. The normalized spacial score (nSPS) is 58.8. The van der Waals surface area contributed by atoms with Crippen molar-refractivity contribution < 1.29 is 78.7 Å². The van der Waals surface area contributed by atoms with Crippen molar-refractivity contribution in [2.75, 3.05) is 19.8 Å². The molecule has 16 nitrogen and oxygen atoms in total. The molecule has 338 valence electrons. The molecular formula is C43H70O16. The van der Waals surface area contributed by atoms with Gasteiger partial charge in [0.05, 0.1) is 32.0 Å². The lowest BCUT2D eigenvalue weighted by Crippen LogP contribution is -2.62. The van der Waals surface area contributed by atoms with Crippen molar-refractivity contribution in [2.45, 2.75) is 196 Å². The number of hydrogen-bond acceptors (Lipinski definition) is 16. The Morgan fingerprint density at radius 1 is 0.627 bits per heavy atom. The van der Waals surface area contributed by atoms with E-state index in [1.807, 2.05) is 0 Å². The molecule has 8 N–H and O–H groups in total. The van der Waals surface area contributed by atoms with Gasteiger partial charge in [-0.05, 0) is 104 Å². The third-order valence-electron chi connectivity index (χ3n) is 17.5. The molecule has 4 saturated carbocycles. The Balaban J connectivity index is 0.775. The second-order valence-electron chi connectivity index (χ2n) is 20.6. The molecular weight excluding hydrogens is 772 g/mol. The lowest BCUT2D eigenvalue weighted by atomic mass is 9.44. The third kappa shape index (κ3) is 7.38. The van der Waals surface area contributed by atoms with Crippen molar-refractivity contribution in [1.82, 2.24) is 0 Å². The fourth-order valence-electron chi connectivity index (χ4n) is 14.1. The van der Waals surface area contributed by atoms with Gasteiger partial charge in [0, 0.05) is 18.8 Å². The zero-order chi connectivity index (χ0) is 41.8. The lowest BCUT2D eigenvalue weighted by Gasteiger charge is -2.61. The standard InChI is InChI=1S/C43H70O16/c1-19-7-12-43(53-17-19)20(2)31-28(59-43)14-25-23-6-5-21-13-22(8-10-41(21,3)24(23)9-11-42(25,31)4)54-39-35(50)33(48)30(18-52-39)56-37-26(45)15-27(46)38(57-37)58-40-36(51)34(49)32(47)29(16-44)55-40/h19-40,44-51H,5-18H2,1-4H3/t19-,20-,21+,22-,23-,24+,25+,26+,27-,28-,29+,30+,31-,32+,33-,34-,35+,36+,37+,38+,39-,40-,41-,42-,43-/m1/s1. The molecule has 59 heavy (non-hydrogen) atoms. The predicted molar refractivity (Wildman–Crippen MR) is 203 cm³/mol. The van der Waals surface area contributed by atoms with E-state index in [9.17, 15) is 40.9 Å². The topological polar surface area (TPSA) is 236 Å². The molecule has 9 rings (SSSR count).